The van der Waals surface area contributed by atoms with Gasteiger partial charge in [-0.15, -0.1) is 0 Å². The first kappa shape index (κ1) is 15.0. The minimum atomic E-state index is -4.57. The van der Waals surface area contributed by atoms with E-state index < -0.39 is 11.7 Å². The summed E-state index contributed by atoms with van der Waals surface area (Å²) in [4.78, 5) is 3.96. The molecular weight excluding hydrogens is 285 g/mol. The van der Waals surface area contributed by atoms with Gasteiger partial charge in [0.2, 0.25) is 11.8 Å². The van der Waals surface area contributed by atoms with Gasteiger partial charge in [-0.25, -0.2) is 0 Å². The van der Waals surface area contributed by atoms with Crippen LogP contribution in [0.1, 0.15) is 12.5 Å². The number of halogens is 3. The van der Waals surface area contributed by atoms with Crippen molar-refractivity contribution in [2.24, 2.45) is 0 Å². The van der Waals surface area contributed by atoms with Gasteiger partial charge in [-0.3, -0.25) is 0 Å². The Hall–Kier alpha value is -2.44. The zero-order valence-corrected chi connectivity index (χ0v) is 11.1. The predicted molar refractivity (Wildman–Crippen MR) is 71.3 cm³/mol. The molecule has 2 aromatic rings. The molecule has 2 rings (SSSR count). The van der Waals surface area contributed by atoms with Crippen LogP contribution in [0.3, 0.4) is 0 Å². The molecule has 0 aliphatic heterocycles. The monoisotopic (exact) mass is 298 g/mol. The summed E-state index contributed by atoms with van der Waals surface area (Å²) in [6.45, 7) is 2.17. The maximum atomic E-state index is 13.0. The lowest BCUT2D eigenvalue weighted by Gasteiger charge is -2.14. The van der Waals surface area contributed by atoms with Crippen molar-refractivity contribution in [1.82, 2.24) is 4.98 Å². The van der Waals surface area contributed by atoms with Crippen LogP contribution in [0, 0.1) is 0 Å². The Morgan fingerprint density at radius 3 is 2.52 bits per heavy atom. The number of anilines is 1. The summed E-state index contributed by atoms with van der Waals surface area (Å²) in [6.07, 6.45) is -4.57. The van der Waals surface area contributed by atoms with E-state index in [0.717, 1.165) is 12.1 Å². The second kappa shape index (κ2) is 5.90. The van der Waals surface area contributed by atoms with Gasteiger partial charge in [-0.05, 0) is 25.1 Å². The Morgan fingerprint density at radius 1 is 1.14 bits per heavy atom. The summed E-state index contributed by atoms with van der Waals surface area (Å²) in [5.41, 5.74) is 4.44. The lowest BCUT2D eigenvalue weighted by Crippen LogP contribution is -2.08. The lowest BCUT2D eigenvalue weighted by molar-refractivity contribution is -0.138. The van der Waals surface area contributed by atoms with Crippen LogP contribution in [0.5, 0.6) is 17.5 Å². The number of hydrogen-bond acceptors (Lipinski definition) is 4. The van der Waals surface area contributed by atoms with E-state index in [1.165, 1.54) is 12.1 Å². The van der Waals surface area contributed by atoms with Crippen LogP contribution in [-0.4, -0.2) is 11.6 Å². The molecule has 0 spiro atoms. The molecule has 112 valence electrons. The van der Waals surface area contributed by atoms with Crippen molar-refractivity contribution >= 4 is 5.69 Å². The summed E-state index contributed by atoms with van der Waals surface area (Å²) in [6, 6.07) is 7.92. The Morgan fingerprint density at radius 2 is 1.86 bits per heavy atom. The summed E-state index contributed by atoms with van der Waals surface area (Å²) in [7, 11) is 0. The van der Waals surface area contributed by atoms with E-state index in [2.05, 4.69) is 4.98 Å². The number of benzene rings is 1. The van der Waals surface area contributed by atoms with Crippen molar-refractivity contribution in [2.45, 2.75) is 13.1 Å². The molecule has 0 unspecified atom stereocenters. The number of ether oxygens (including phenoxy) is 2. The third kappa shape index (κ3) is 3.77. The van der Waals surface area contributed by atoms with Gasteiger partial charge in [0.15, 0.2) is 0 Å². The van der Waals surface area contributed by atoms with Crippen molar-refractivity contribution in [3.8, 4) is 17.5 Å². The van der Waals surface area contributed by atoms with E-state index in [1.54, 1.807) is 19.1 Å². The van der Waals surface area contributed by atoms with Gasteiger partial charge in [-0.1, -0.05) is 6.07 Å². The van der Waals surface area contributed by atoms with Crippen LogP contribution in [0.25, 0.3) is 0 Å². The van der Waals surface area contributed by atoms with E-state index in [4.69, 9.17) is 15.2 Å². The molecule has 1 aromatic carbocycles. The summed E-state index contributed by atoms with van der Waals surface area (Å²) in [5, 5.41) is 0. The standard InChI is InChI=1S/C14H13F3N2O2/c1-2-20-12-4-3-5-13(19-12)21-11-7-6-9(18)8-10(11)14(15,16)17/h3-8H,2,18H2,1H3. The second-order valence-electron chi connectivity index (χ2n) is 4.10. The highest BCUT2D eigenvalue weighted by molar-refractivity contribution is 5.50. The number of pyridine rings is 1. The van der Waals surface area contributed by atoms with E-state index in [-0.39, 0.29) is 23.2 Å². The number of nitrogens with zero attached hydrogens (tertiary/aromatic N) is 1. The third-order valence-corrected chi connectivity index (χ3v) is 2.51. The Balaban J connectivity index is 2.33. The highest BCUT2D eigenvalue weighted by atomic mass is 19.4. The first-order valence-corrected chi connectivity index (χ1v) is 6.14. The molecule has 0 atom stereocenters. The van der Waals surface area contributed by atoms with E-state index >= 15 is 0 Å². The van der Waals surface area contributed by atoms with Gasteiger partial charge in [-0.2, -0.15) is 18.2 Å². The van der Waals surface area contributed by atoms with Gasteiger partial charge >= 0.3 is 6.18 Å². The Bertz CT molecular complexity index is 630. The first-order chi connectivity index (χ1) is 9.90. The van der Waals surface area contributed by atoms with Gasteiger partial charge in [0.25, 0.3) is 0 Å². The van der Waals surface area contributed by atoms with Crippen molar-refractivity contribution in [1.29, 1.82) is 0 Å². The zero-order valence-electron chi connectivity index (χ0n) is 11.1. The number of aromatic nitrogens is 1. The van der Waals surface area contributed by atoms with E-state index in [1.807, 2.05) is 0 Å². The number of hydrogen-bond donors (Lipinski definition) is 1. The van der Waals surface area contributed by atoms with Gasteiger partial charge < -0.3 is 15.2 Å². The summed E-state index contributed by atoms with van der Waals surface area (Å²) in [5.74, 6) is -0.0759. The highest BCUT2D eigenvalue weighted by Gasteiger charge is 2.34. The highest BCUT2D eigenvalue weighted by Crippen LogP contribution is 2.39. The molecular formula is C14H13F3N2O2. The van der Waals surface area contributed by atoms with Crippen molar-refractivity contribution in [3.05, 3.63) is 42.0 Å². The molecule has 2 N–H and O–H groups in total. The largest absolute Gasteiger partial charge is 0.478 e. The Kier molecular flexibility index (Phi) is 4.21. The van der Waals surface area contributed by atoms with Crippen molar-refractivity contribution < 1.29 is 22.6 Å². The maximum Gasteiger partial charge on any atom is 0.420 e. The molecule has 0 amide bonds. The van der Waals surface area contributed by atoms with Crippen LogP contribution in [0.2, 0.25) is 0 Å². The smallest absolute Gasteiger partial charge is 0.420 e. The van der Waals surface area contributed by atoms with Crippen molar-refractivity contribution in [2.75, 3.05) is 12.3 Å². The SMILES string of the molecule is CCOc1cccc(Oc2ccc(N)cc2C(F)(F)F)n1. The van der Waals surface area contributed by atoms with Crippen LogP contribution in [-0.2, 0) is 6.18 Å². The average Bonchev–Trinajstić information content (AvgIpc) is 2.40. The zero-order chi connectivity index (χ0) is 15.5. The molecule has 1 aromatic heterocycles. The second-order valence-corrected chi connectivity index (χ2v) is 4.10. The first-order valence-electron chi connectivity index (χ1n) is 6.14. The maximum absolute atomic E-state index is 13.0. The molecule has 7 heteroatoms. The average molecular weight is 298 g/mol. The van der Waals surface area contributed by atoms with Crippen LogP contribution in [0.15, 0.2) is 36.4 Å². The summed E-state index contributed by atoms with van der Waals surface area (Å²) < 4.78 is 49.2. The predicted octanol–water partition coefficient (Wildman–Crippen LogP) is 3.87. The minimum Gasteiger partial charge on any atom is -0.478 e. The molecule has 0 aliphatic rings. The number of nitrogen functional groups attached to an aromatic ring is 1. The summed E-state index contributed by atoms with van der Waals surface area (Å²) >= 11 is 0. The topological polar surface area (TPSA) is 57.4 Å². The molecule has 21 heavy (non-hydrogen) atoms. The fourth-order valence-electron chi connectivity index (χ4n) is 1.65. The van der Waals surface area contributed by atoms with Gasteiger partial charge in [0.05, 0.1) is 6.61 Å². The fourth-order valence-corrected chi connectivity index (χ4v) is 1.65. The van der Waals surface area contributed by atoms with Crippen LogP contribution < -0.4 is 15.2 Å². The van der Waals surface area contributed by atoms with Crippen LogP contribution in [0.4, 0.5) is 18.9 Å². The molecule has 0 radical (unpaired) electrons. The number of alkyl halides is 3. The van der Waals surface area contributed by atoms with E-state index in [0.29, 0.717) is 6.61 Å². The minimum absolute atomic E-state index is 0.00528. The van der Waals surface area contributed by atoms with E-state index in [9.17, 15) is 13.2 Å². The fraction of sp³-hybridized carbons (Fsp3) is 0.214. The number of nitrogens with two attached hydrogens (primary N) is 1. The normalized spacial score (nSPS) is 11.2. The molecule has 0 saturated heterocycles. The molecule has 1 heterocycles. The van der Waals surface area contributed by atoms with Crippen molar-refractivity contribution in [3.63, 3.8) is 0 Å². The van der Waals surface area contributed by atoms with Gasteiger partial charge in [0, 0.05) is 17.8 Å². The molecule has 0 saturated carbocycles. The van der Waals surface area contributed by atoms with Gasteiger partial charge in [0.1, 0.15) is 11.3 Å². The molecule has 0 bridgehead atoms. The van der Waals surface area contributed by atoms with Crippen LogP contribution >= 0.6 is 0 Å². The third-order valence-electron chi connectivity index (χ3n) is 2.51. The quantitative estimate of drug-likeness (QED) is 0.870. The molecule has 0 fully saturated rings. The lowest BCUT2D eigenvalue weighted by atomic mass is 10.1. The molecule has 4 nitrogen and oxygen atoms in total. The molecule has 0 aliphatic carbocycles. The Labute approximate surface area is 119 Å². The number of rotatable bonds is 4.